The molecule has 0 saturated heterocycles. The van der Waals surface area contributed by atoms with Crippen molar-refractivity contribution in [1.82, 2.24) is 10.3 Å². The highest BCUT2D eigenvalue weighted by Crippen LogP contribution is 2.38. The molecule has 1 aromatic heterocycles. The van der Waals surface area contributed by atoms with E-state index in [0.717, 1.165) is 5.56 Å². The highest BCUT2D eigenvalue weighted by molar-refractivity contribution is 6.32. The lowest BCUT2D eigenvalue weighted by Gasteiger charge is -2.20. The molecule has 4 rings (SSSR count). The van der Waals surface area contributed by atoms with Gasteiger partial charge in [-0.2, -0.15) is 0 Å². The topological polar surface area (TPSA) is 72.5 Å². The van der Waals surface area contributed by atoms with Crippen molar-refractivity contribution in [3.63, 3.8) is 0 Å². The molecule has 0 bridgehead atoms. The van der Waals surface area contributed by atoms with Crippen LogP contribution in [0.1, 0.15) is 15.9 Å². The van der Waals surface area contributed by atoms with E-state index in [4.69, 9.17) is 21.1 Å². The van der Waals surface area contributed by atoms with Gasteiger partial charge in [0.25, 0.3) is 5.91 Å². The number of halogens is 2. The quantitative estimate of drug-likeness (QED) is 0.651. The summed E-state index contributed by atoms with van der Waals surface area (Å²) in [5, 5.41) is 6.24. The fourth-order valence-corrected chi connectivity index (χ4v) is 3.22. The molecule has 0 atom stereocenters. The minimum atomic E-state index is -0.382. The predicted molar refractivity (Wildman–Crippen MR) is 108 cm³/mol. The van der Waals surface area contributed by atoms with Gasteiger partial charge in [0.05, 0.1) is 10.6 Å². The summed E-state index contributed by atoms with van der Waals surface area (Å²) in [4.78, 5) is 16.9. The zero-order valence-corrected chi connectivity index (χ0v) is 16.0. The molecule has 2 heterocycles. The molecule has 2 aromatic carbocycles. The number of rotatable bonds is 5. The Balaban J connectivity index is 1.49. The summed E-state index contributed by atoms with van der Waals surface area (Å²) in [5.41, 5.74) is 1.60. The summed E-state index contributed by atoms with van der Waals surface area (Å²) in [6, 6.07) is 12.7. The molecule has 6 nitrogen and oxygen atoms in total. The lowest BCUT2D eigenvalue weighted by molar-refractivity contribution is 0.0951. The van der Waals surface area contributed by atoms with Gasteiger partial charge in [0.15, 0.2) is 11.5 Å². The van der Waals surface area contributed by atoms with E-state index in [-0.39, 0.29) is 18.3 Å². The average Bonchev–Trinajstić information content (AvgIpc) is 2.72. The Morgan fingerprint density at radius 2 is 2.00 bits per heavy atom. The van der Waals surface area contributed by atoms with Crippen LogP contribution in [0.5, 0.6) is 11.5 Å². The van der Waals surface area contributed by atoms with Crippen LogP contribution in [0.2, 0.25) is 5.02 Å². The minimum Gasteiger partial charge on any atom is -0.486 e. The van der Waals surface area contributed by atoms with Gasteiger partial charge >= 0.3 is 0 Å². The van der Waals surface area contributed by atoms with E-state index in [9.17, 15) is 9.18 Å². The molecule has 1 aliphatic heterocycles. The van der Waals surface area contributed by atoms with Crippen molar-refractivity contribution >= 4 is 29.0 Å². The fourth-order valence-electron chi connectivity index (χ4n) is 2.93. The van der Waals surface area contributed by atoms with Gasteiger partial charge in [-0.25, -0.2) is 9.37 Å². The van der Waals surface area contributed by atoms with E-state index >= 15 is 0 Å². The summed E-state index contributed by atoms with van der Waals surface area (Å²) in [6.07, 6.45) is 1.55. The number of nitrogens with zero attached hydrogens (tertiary/aromatic N) is 1. The summed E-state index contributed by atoms with van der Waals surface area (Å²) in [5.74, 6) is 0.691. The van der Waals surface area contributed by atoms with Crippen LogP contribution in [-0.4, -0.2) is 24.1 Å². The molecule has 0 fully saturated rings. The van der Waals surface area contributed by atoms with Crippen LogP contribution < -0.4 is 20.1 Å². The fraction of sp³-hybridized carbons (Fsp3) is 0.143. The van der Waals surface area contributed by atoms with Crippen molar-refractivity contribution in [2.75, 3.05) is 18.5 Å². The first-order valence-electron chi connectivity index (χ1n) is 8.94. The lowest BCUT2D eigenvalue weighted by Crippen LogP contribution is -2.24. The summed E-state index contributed by atoms with van der Waals surface area (Å²) in [7, 11) is 0. The lowest BCUT2D eigenvalue weighted by atomic mass is 10.1. The van der Waals surface area contributed by atoms with Crippen LogP contribution in [-0.2, 0) is 6.54 Å². The number of fused-ring (bicyclic) bond motifs is 1. The number of carbonyl (C=O) groups is 1. The van der Waals surface area contributed by atoms with Gasteiger partial charge in [0, 0.05) is 18.4 Å². The molecule has 0 spiro atoms. The third-order valence-electron chi connectivity index (χ3n) is 4.25. The Morgan fingerprint density at radius 3 is 2.86 bits per heavy atom. The molecule has 148 valence electrons. The van der Waals surface area contributed by atoms with E-state index in [1.165, 1.54) is 12.1 Å². The normalized spacial score (nSPS) is 12.3. The van der Waals surface area contributed by atoms with Gasteiger partial charge in [-0.3, -0.25) is 4.79 Å². The highest BCUT2D eigenvalue weighted by Gasteiger charge is 2.18. The van der Waals surface area contributed by atoms with E-state index in [1.54, 1.807) is 42.6 Å². The van der Waals surface area contributed by atoms with Crippen molar-refractivity contribution in [2.45, 2.75) is 6.54 Å². The largest absolute Gasteiger partial charge is 0.486 e. The number of anilines is 2. The third-order valence-corrected chi connectivity index (χ3v) is 4.53. The second-order valence-electron chi connectivity index (χ2n) is 6.32. The minimum absolute atomic E-state index is 0.240. The third kappa shape index (κ3) is 4.41. The van der Waals surface area contributed by atoms with Crippen molar-refractivity contribution in [2.24, 2.45) is 0 Å². The van der Waals surface area contributed by atoms with E-state index in [0.29, 0.717) is 46.8 Å². The Hall–Kier alpha value is -3.32. The first kappa shape index (κ1) is 19.0. The van der Waals surface area contributed by atoms with Crippen LogP contribution >= 0.6 is 11.6 Å². The van der Waals surface area contributed by atoms with Crippen LogP contribution in [0.15, 0.2) is 54.7 Å². The maximum absolute atomic E-state index is 13.4. The van der Waals surface area contributed by atoms with E-state index in [1.807, 2.05) is 0 Å². The second-order valence-corrected chi connectivity index (χ2v) is 6.73. The van der Waals surface area contributed by atoms with Gasteiger partial charge in [-0.1, -0.05) is 17.7 Å². The molecule has 0 unspecified atom stereocenters. The number of ether oxygens (including phenoxy) is 2. The number of hydrogen-bond acceptors (Lipinski definition) is 5. The molecule has 29 heavy (non-hydrogen) atoms. The zero-order chi connectivity index (χ0) is 20.2. The maximum atomic E-state index is 13.4. The molecular weight excluding hydrogens is 397 g/mol. The smallest absolute Gasteiger partial charge is 0.255 e. The molecule has 2 N–H and O–H groups in total. The van der Waals surface area contributed by atoms with Crippen LogP contribution in [0.25, 0.3) is 0 Å². The molecule has 1 aliphatic rings. The van der Waals surface area contributed by atoms with E-state index in [2.05, 4.69) is 15.6 Å². The number of benzene rings is 2. The first-order valence-corrected chi connectivity index (χ1v) is 9.32. The van der Waals surface area contributed by atoms with Gasteiger partial charge in [0.2, 0.25) is 0 Å². The average molecular weight is 414 g/mol. The second kappa shape index (κ2) is 8.36. The highest BCUT2D eigenvalue weighted by atomic mass is 35.5. The summed E-state index contributed by atoms with van der Waals surface area (Å²) in [6.45, 7) is 1.14. The Kier molecular flexibility index (Phi) is 5.48. The number of pyridine rings is 1. The molecule has 0 radical (unpaired) electrons. The van der Waals surface area contributed by atoms with E-state index < -0.39 is 0 Å². The molecule has 8 heteroatoms. The standard InChI is InChI=1S/C21H17ClFN3O3/c22-17-9-13(10-18-19(17)29-8-7-28-18)12-25-21(27)16-5-2-6-24-20(16)26-15-4-1-3-14(23)11-15/h1-6,9-11H,7-8,12H2,(H,24,26)(H,25,27). The molecule has 0 saturated carbocycles. The van der Waals surface area contributed by atoms with Crippen LogP contribution in [0.3, 0.4) is 0 Å². The Morgan fingerprint density at radius 1 is 1.14 bits per heavy atom. The summed E-state index contributed by atoms with van der Waals surface area (Å²) >= 11 is 6.24. The zero-order valence-electron chi connectivity index (χ0n) is 15.2. The number of nitrogens with one attached hydrogen (secondary N) is 2. The van der Waals surface area contributed by atoms with Gasteiger partial charge in [-0.15, -0.1) is 0 Å². The van der Waals surface area contributed by atoms with Crippen molar-refractivity contribution in [1.29, 1.82) is 0 Å². The first-order chi connectivity index (χ1) is 14.1. The number of hydrogen-bond donors (Lipinski definition) is 2. The maximum Gasteiger partial charge on any atom is 0.255 e. The predicted octanol–water partition coefficient (Wildman–Crippen LogP) is 4.32. The Bertz CT molecular complexity index is 1060. The van der Waals surface area contributed by atoms with Crippen molar-refractivity contribution in [3.05, 3.63) is 76.7 Å². The Labute approximate surface area is 171 Å². The van der Waals surface area contributed by atoms with Gasteiger partial charge < -0.3 is 20.1 Å². The molecule has 0 aliphatic carbocycles. The number of aromatic nitrogens is 1. The molecule has 1 amide bonds. The number of carbonyl (C=O) groups excluding carboxylic acids is 1. The van der Waals surface area contributed by atoms with Crippen LogP contribution in [0.4, 0.5) is 15.9 Å². The SMILES string of the molecule is O=C(NCc1cc(Cl)c2c(c1)OCCO2)c1cccnc1Nc1cccc(F)c1. The number of amides is 1. The van der Waals surface area contributed by atoms with Crippen molar-refractivity contribution < 1.29 is 18.7 Å². The summed E-state index contributed by atoms with van der Waals surface area (Å²) < 4.78 is 24.5. The van der Waals surface area contributed by atoms with Gasteiger partial charge in [-0.05, 0) is 48.0 Å². The van der Waals surface area contributed by atoms with Crippen LogP contribution in [0, 0.1) is 5.82 Å². The molecule has 3 aromatic rings. The van der Waals surface area contributed by atoms with Gasteiger partial charge in [0.1, 0.15) is 24.8 Å². The monoisotopic (exact) mass is 413 g/mol. The van der Waals surface area contributed by atoms with Crippen molar-refractivity contribution in [3.8, 4) is 11.5 Å². The molecular formula is C21H17ClFN3O3.